The van der Waals surface area contributed by atoms with E-state index in [0.29, 0.717) is 19.7 Å². The van der Waals surface area contributed by atoms with E-state index in [1.54, 1.807) is 12.1 Å². The van der Waals surface area contributed by atoms with Crippen LogP contribution < -0.4 is 15.4 Å². The maximum Gasteiger partial charge on any atom is 0.315 e. The van der Waals surface area contributed by atoms with Crippen molar-refractivity contribution in [2.24, 2.45) is 0 Å². The summed E-state index contributed by atoms with van der Waals surface area (Å²) >= 11 is 0. The fourth-order valence-corrected chi connectivity index (χ4v) is 2.13. The van der Waals surface area contributed by atoms with Crippen LogP contribution in [0.5, 0.6) is 5.75 Å². The van der Waals surface area contributed by atoms with Crippen LogP contribution in [0.2, 0.25) is 0 Å². The number of amides is 2. The quantitative estimate of drug-likeness (QED) is 0.803. The van der Waals surface area contributed by atoms with Crippen molar-refractivity contribution in [3.63, 3.8) is 0 Å². The zero-order valence-electron chi connectivity index (χ0n) is 13.4. The Bertz CT molecular complexity index is 657. The first-order valence-electron chi connectivity index (χ1n) is 7.51. The monoisotopic (exact) mass is 316 g/mol. The standard InChI is InChI=1S/C18H21FN2O2/c1-13-3-8-17(14(2)11-13)23-10-9-20-18(22)21-12-15-4-6-16(19)7-5-15/h3-8,11H,9-10,12H2,1-2H3,(H2,20,21,22). The van der Waals surface area contributed by atoms with Crippen molar-refractivity contribution in [1.29, 1.82) is 0 Å². The van der Waals surface area contributed by atoms with Gasteiger partial charge in [-0.1, -0.05) is 29.8 Å². The molecule has 2 aromatic rings. The number of benzene rings is 2. The Hall–Kier alpha value is -2.56. The van der Waals surface area contributed by atoms with Crippen LogP contribution in [0.25, 0.3) is 0 Å². The molecule has 0 saturated heterocycles. The van der Waals surface area contributed by atoms with Crippen molar-refractivity contribution in [1.82, 2.24) is 10.6 Å². The first-order valence-corrected chi connectivity index (χ1v) is 7.51. The first-order chi connectivity index (χ1) is 11.0. The van der Waals surface area contributed by atoms with Crippen molar-refractivity contribution >= 4 is 6.03 Å². The normalized spacial score (nSPS) is 10.2. The molecule has 0 spiro atoms. The number of carbonyl (C=O) groups is 1. The molecule has 0 aliphatic heterocycles. The fourth-order valence-electron chi connectivity index (χ4n) is 2.13. The number of hydrogen-bond donors (Lipinski definition) is 2. The van der Waals surface area contributed by atoms with Gasteiger partial charge in [0.15, 0.2) is 0 Å². The fraction of sp³-hybridized carbons (Fsp3) is 0.278. The third kappa shape index (κ3) is 5.62. The summed E-state index contributed by atoms with van der Waals surface area (Å²) in [6, 6.07) is 11.7. The molecule has 2 aromatic carbocycles. The van der Waals surface area contributed by atoms with Crippen molar-refractivity contribution in [2.45, 2.75) is 20.4 Å². The lowest BCUT2D eigenvalue weighted by atomic mass is 10.1. The predicted molar refractivity (Wildman–Crippen MR) is 88.0 cm³/mol. The van der Waals surface area contributed by atoms with E-state index in [-0.39, 0.29) is 11.8 Å². The van der Waals surface area contributed by atoms with Gasteiger partial charge in [-0.15, -0.1) is 0 Å². The molecule has 0 aliphatic rings. The van der Waals surface area contributed by atoms with Gasteiger partial charge in [0.2, 0.25) is 0 Å². The summed E-state index contributed by atoms with van der Waals surface area (Å²) in [6.07, 6.45) is 0. The molecule has 2 rings (SSSR count). The van der Waals surface area contributed by atoms with Crippen LogP contribution in [0.3, 0.4) is 0 Å². The topological polar surface area (TPSA) is 50.4 Å². The van der Waals surface area contributed by atoms with Crippen molar-refractivity contribution in [3.8, 4) is 5.75 Å². The van der Waals surface area contributed by atoms with Gasteiger partial charge in [-0.2, -0.15) is 0 Å². The van der Waals surface area contributed by atoms with Crippen LogP contribution in [0.15, 0.2) is 42.5 Å². The van der Waals surface area contributed by atoms with E-state index in [0.717, 1.165) is 16.9 Å². The zero-order valence-corrected chi connectivity index (χ0v) is 13.4. The molecule has 0 bridgehead atoms. The van der Waals surface area contributed by atoms with Crippen LogP contribution in [0.4, 0.5) is 9.18 Å². The molecular formula is C18H21FN2O2. The number of aryl methyl sites for hydroxylation is 2. The minimum Gasteiger partial charge on any atom is -0.491 e. The highest BCUT2D eigenvalue weighted by atomic mass is 19.1. The largest absolute Gasteiger partial charge is 0.491 e. The summed E-state index contributed by atoms with van der Waals surface area (Å²) in [5.74, 6) is 0.533. The average Bonchev–Trinajstić information content (AvgIpc) is 2.52. The predicted octanol–water partition coefficient (Wildman–Crippen LogP) is 3.32. The molecule has 0 atom stereocenters. The van der Waals surface area contributed by atoms with E-state index in [1.165, 1.54) is 17.7 Å². The van der Waals surface area contributed by atoms with Gasteiger partial charge in [0.05, 0.1) is 6.54 Å². The third-order valence-electron chi connectivity index (χ3n) is 3.34. The highest BCUT2D eigenvalue weighted by Crippen LogP contribution is 2.18. The zero-order chi connectivity index (χ0) is 16.7. The van der Waals surface area contributed by atoms with Crippen LogP contribution in [-0.2, 0) is 6.54 Å². The Morgan fingerprint density at radius 1 is 1.09 bits per heavy atom. The smallest absolute Gasteiger partial charge is 0.315 e. The van der Waals surface area contributed by atoms with Gasteiger partial charge in [0.25, 0.3) is 0 Å². The minimum atomic E-state index is -0.290. The van der Waals surface area contributed by atoms with Gasteiger partial charge in [-0.3, -0.25) is 0 Å². The molecule has 4 nitrogen and oxygen atoms in total. The average molecular weight is 316 g/mol. The lowest BCUT2D eigenvalue weighted by Crippen LogP contribution is -2.37. The van der Waals surface area contributed by atoms with E-state index in [1.807, 2.05) is 26.0 Å². The Morgan fingerprint density at radius 2 is 1.83 bits per heavy atom. The number of rotatable bonds is 6. The van der Waals surface area contributed by atoms with Crippen molar-refractivity contribution in [3.05, 3.63) is 65.0 Å². The van der Waals surface area contributed by atoms with Crippen molar-refractivity contribution < 1.29 is 13.9 Å². The molecule has 0 fully saturated rings. The van der Waals surface area contributed by atoms with Gasteiger partial charge in [-0.25, -0.2) is 9.18 Å². The molecule has 2 amide bonds. The molecule has 0 radical (unpaired) electrons. The molecule has 0 unspecified atom stereocenters. The Morgan fingerprint density at radius 3 is 2.52 bits per heavy atom. The third-order valence-corrected chi connectivity index (χ3v) is 3.34. The minimum absolute atomic E-state index is 0.279. The van der Waals surface area contributed by atoms with Crippen LogP contribution >= 0.6 is 0 Å². The van der Waals surface area contributed by atoms with E-state index in [9.17, 15) is 9.18 Å². The summed E-state index contributed by atoms with van der Waals surface area (Å²) in [6.45, 7) is 5.18. The van der Waals surface area contributed by atoms with E-state index in [4.69, 9.17) is 4.74 Å². The lowest BCUT2D eigenvalue weighted by molar-refractivity contribution is 0.236. The number of carbonyl (C=O) groups excluding carboxylic acids is 1. The van der Waals surface area contributed by atoms with Crippen LogP contribution in [0.1, 0.15) is 16.7 Å². The van der Waals surface area contributed by atoms with E-state index in [2.05, 4.69) is 16.7 Å². The van der Waals surface area contributed by atoms with Gasteiger partial charge in [-0.05, 0) is 43.2 Å². The Balaban J connectivity index is 1.65. The summed E-state index contributed by atoms with van der Waals surface area (Å²) in [7, 11) is 0. The molecule has 0 saturated carbocycles. The van der Waals surface area contributed by atoms with Gasteiger partial charge in [0.1, 0.15) is 18.2 Å². The molecule has 0 heterocycles. The van der Waals surface area contributed by atoms with E-state index < -0.39 is 0 Å². The Labute approximate surface area is 135 Å². The Kier molecular flexibility index (Phi) is 5.97. The highest BCUT2D eigenvalue weighted by molar-refractivity contribution is 5.73. The molecule has 23 heavy (non-hydrogen) atoms. The van der Waals surface area contributed by atoms with Crippen LogP contribution in [0, 0.1) is 19.7 Å². The maximum atomic E-state index is 12.8. The SMILES string of the molecule is Cc1ccc(OCCNC(=O)NCc2ccc(F)cc2)c(C)c1. The van der Waals surface area contributed by atoms with Gasteiger partial charge in [0, 0.05) is 6.54 Å². The number of hydrogen-bond acceptors (Lipinski definition) is 2. The number of halogens is 1. The number of nitrogens with one attached hydrogen (secondary N) is 2. The molecule has 122 valence electrons. The van der Waals surface area contributed by atoms with Gasteiger partial charge >= 0.3 is 6.03 Å². The summed E-state index contributed by atoms with van der Waals surface area (Å²) in [5.41, 5.74) is 3.10. The second kappa shape index (κ2) is 8.17. The number of ether oxygens (including phenoxy) is 1. The molecule has 5 heteroatoms. The van der Waals surface area contributed by atoms with Gasteiger partial charge < -0.3 is 15.4 Å². The molecular weight excluding hydrogens is 295 g/mol. The second-order valence-corrected chi connectivity index (χ2v) is 5.35. The number of urea groups is 1. The molecule has 2 N–H and O–H groups in total. The molecule has 0 aromatic heterocycles. The van der Waals surface area contributed by atoms with Crippen molar-refractivity contribution in [2.75, 3.05) is 13.2 Å². The first kappa shape index (κ1) is 16.8. The highest BCUT2D eigenvalue weighted by Gasteiger charge is 2.02. The summed E-state index contributed by atoms with van der Waals surface area (Å²) in [5, 5.41) is 5.42. The molecule has 0 aliphatic carbocycles. The summed E-state index contributed by atoms with van der Waals surface area (Å²) < 4.78 is 18.4. The lowest BCUT2D eigenvalue weighted by Gasteiger charge is -2.11. The summed E-state index contributed by atoms with van der Waals surface area (Å²) in [4.78, 5) is 11.7. The van der Waals surface area contributed by atoms with Crippen LogP contribution in [-0.4, -0.2) is 19.2 Å². The van der Waals surface area contributed by atoms with E-state index >= 15 is 0 Å². The second-order valence-electron chi connectivity index (χ2n) is 5.35. The maximum absolute atomic E-state index is 12.8.